The first-order valence-corrected chi connectivity index (χ1v) is 11.0. The fourth-order valence-corrected chi connectivity index (χ4v) is 4.55. The molecule has 2 aliphatic rings. The lowest BCUT2D eigenvalue weighted by molar-refractivity contribution is 0.0728. The Morgan fingerprint density at radius 2 is 1.97 bits per heavy atom. The molecule has 0 saturated heterocycles. The molecule has 4 heterocycles. The number of benzene rings is 1. The summed E-state index contributed by atoms with van der Waals surface area (Å²) in [6, 6.07) is 7.14. The average Bonchev–Trinajstić information content (AvgIpc) is 3.42. The summed E-state index contributed by atoms with van der Waals surface area (Å²) in [5.41, 5.74) is 7.18. The van der Waals surface area contributed by atoms with E-state index in [1.54, 1.807) is 18.2 Å². The topological polar surface area (TPSA) is 96.6 Å². The third-order valence-corrected chi connectivity index (χ3v) is 6.31. The highest BCUT2D eigenvalue weighted by molar-refractivity contribution is 5.95. The molecule has 0 unspecified atom stereocenters. The second kappa shape index (κ2) is 8.27. The van der Waals surface area contributed by atoms with Gasteiger partial charge in [0.2, 0.25) is 6.79 Å². The quantitative estimate of drug-likeness (QED) is 0.642. The first kappa shape index (κ1) is 21.1. The molecule has 0 aliphatic carbocycles. The molecule has 2 N–H and O–H groups in total. The molecule has 170 valence electrons. The van der Waals surface area contributed by atoms with Gasteiger partial charge in [0.1, 0.15) is 5.69 Å². The van der Waals surface area contributed by atoms with Gasteiger partial charge >= 0.3 is 0 Å². The van der Waals surface area contributed by atoms with E-state index < -0.39 is 0 Å². The van der Waals surface area contributed by atoms with Gasteiger partial charge in [-0.1, -0.05) is 0 Å². The molecule has 0 saturated carbocycles. The van der Waals surface area contributed by atoms with Crippen molar-refractivity contribution < 1.29 is 19.1 Å². The smallest absolute Gasteiger partial charge is 0.270 e. The Labute approximate surface area is 191 Å². The molecule has 8 nitrogen and oxygen atoms in total. The fraction of sp³-hybridized carbons (Fsp3) is 0.320. The van der Waals surface area contributed by atoms with Crippen molar-refractivity contribution in [2.75, 3.05) is 13.3 Å². The Hall–Kier alpha value is -3.81. The lowest BCUT2D eigenvalue weighted by Gasteiger charge is -2.30. The van der Waals surface area contributed by atoms with Crippen molar-refractivity contribution in [1.82, 2.24) is 20.2 Å². The number of hydrogen-bond acceptors (Lipinski definition) is 5. The van der Waals surface area contributed by atoms with E-state index in [0.717, 1.165) is 40.1 Å². The Morgan fingerprint density at radius 3 is 2.76 bits per heavy atom. The van der Waals surface area contributed by atoms with Crippen LogP contribution in [-0.2, 0) is 19.5 Å². The SMILES string of the molecule is Cc1cc(C)c(C(=O)N2CCc3c(cnc(C)c3CNC(=O)c3ccc4c(c3)OCO4)C2)[nH]1. The molecule has 5 rings (SSSR count). The maximum Gasteiger partial charge on any atom is 0.270 e. The van der Waals surface area contributed by atoms with Gasteiger partial charge in [0.15, 0.2) is 11.5 Å². The zero-order chi connectivity index (χ0) is 23.1. The van der Waals surface area contributed by atoms with Gasteiger partial charge in [0.25, 0.3) is 11.8 Å². The van der Waals surface area contributed by atoms with E-state index in [2.05, 4.69) is 15.3 Å². The summed E-state index contributed by atoms with van der Waals surface area (Å²) in [5.74, 6) is 1.04. The molecule has 0 spiro atoms. The molecule has 2 aliphatic heterocycles. The maximum absolute atomic E-state index is 13.0. The van der Waals surface area contributed by atoms with Gasteiger partial charge in [-0.15, -0.1) is 0 Å². The second-order valence-corrected chi connectivity index (χ2v) is 8.56. The minimum Gasteiger partial charge on any atom is -0.454 e. The number of pyridine rings is 1. The number of aryl methyl sites for hydroxylation is 3. The molecular formula is C25H26N4O4. The number of fused-ring (bicyclic) bond motifs is 2. The summed E-state index contributed by atoms with van der Waals surface area (Å²) >= 11 is 0. The van der Waals surface area contributed by atoms with Crippen LogP contribution < -0.4 is 14.8 Å². The predicted molar refractivity (Wildman–Crippen MR) is 121 cm³/mol. The molecule has 8 heteroatoms. The van der Waals surface area contributed by atoms with E-state index in [1.807, 2.05) is 37.9 Å². The number of amides is 2. The normalized spacial score (nSPS) is 14.2. The average molecular weight is 447 g/mol. The van der Waals surface area contributed by atoms with Gasteiger partial charge in [0, 0.05) is 42.8 Å². The van der Waals surface area contributed by atoms with Gasteiger partial charge in [-0.2, -0.15) is 0 Å². The second-order valence-electron chi connectivity index (χ2n) is 8.56. The summed E-state index contributed by atoms with van der Waals surface area (Å²) in [6.45, 7) is 7.51. The number of carbonyl (C=O) groups is 2. The lowest BCUT2D eigenvalue weighted by atomic mass is 9.94. The van der Waals surface area contributed by atoms with Crippen LogP contribution in [0.4, 0.5) is 0 Å². The van der Waals surface area contributed by atoms with Crippen LogP contribution in [0.1, 0.15) is 54.5 Å². The largest absolute Gasteiger partial charge is 0.454 e. The van der Waals surface area contributed by atoms with Crippen molar-refractivity contribution >= 4 is 11.8 Å². The molecule has 33 heavy (non-hydrogen) atoms. The van der Waals surface area contributed by atoms with E-state index in [4.69, 9.17) is 9.47 Å². The number of aromatic amines is 1. The molecule has 2 aromatic heterocycles. The molecule has 0 fully saturated rings. The van der Waals surface area contributed by atoms with Crippen LogP contribution >= 0.6 is 0 Å². The highest BCUT2D eigenvalue weighted by atomic mass is 16.7. The van der Waals surface area contributed by atoms with Gasteiger partial charge in [-0.05, 0) is 73.7 Å². The monoisotopic (exact) mass is 446 g/mol. The molecule has 2 amide bonds. The summed E-state index contributed by atoms with van der Waals surface area (Å²) in [6.07, 6.45) is 2.57. The zero-order valence-corrected chi connectivity index (χ0v) is 18.9. The Bertz CT molecular complexity index is 1260. The molecule has 0 bridgehead atoms. The summed E-state index contributed by atoms with van der Waals surface area (Å²) in [4.78, 5) is 35.4. The number of carbonyl (C=O) groups excluding carboxylic acids is 2. The summed E-state index contributed by atoms with van der Waals surface area (Å²) < 4.78 is 10.7. The van der Waals surface area contributed by atoms with Gasteiger partial charge in [0.05, 0.1) is 0 Å². The van der Waals surface area contributed by atoms with E-state index in [1.165, 1.54) is 0 Å². The number of nitrogens with one attached hydrogen (secondary N) is 2. The summed E-state index contributed by atoms with van der Waals surface area (Å²) in [5, 5.41) is 3.01. The van der Waals surface area contributed by atoms with Crippen LogP contribution in [0.5, 0.6) is 11.5 Å². The van der Waals surface area contributed by atoms with E-state index in [0.29, 0.717) is 42.4 Å². The zero-order valence-electron chi connectivity index (χ0n) is 18.9. The van der Waals surface area contributed by atoms with Crippen molar-refractivity contribution in [2.24, 2.45) is 0 Å². The van der Waals surface area contributed by atoms with E-state index >= 15 is 0 Å². The van der Waals surface area contributed by atoms with E-state index in [-0.39, 0.29) is 18.6 Å². The van der Waals surface area contributed by atoms with Crippen LogP contribution in [0.2, 0.25) is 0 Å². The Balaban J connectivity index is 1.31. The number of ether oxygens (including phenoxy) is 2. The molecular weight excluding hydrogens is 420 g/mol. The minimum absolute atomic E-state index is 0.00415. The fourth-order valence-electron chi connectivity index (χ4n) is 4.55. The van der Waals surface area contributed by atoms with Crippen molar-refractivity contribution in [3.63, 3.8) is 0 Å². The van der Waals surface area contributed by atoms with Crippen molar-refractivity contribution in [3.05, 3.63) is 75.4 Å². The number of nitrogens with zero attached hydrogens (tertiary/aromatic N) is 2. The van der Waals surface area contributed by atoms with E-state index in [9.17, 15) is 9.59 Å². The highest BCUT2D eigenvalue weighted by Gasteiger charge is 2.26. The predicted octanol–water partition coefficient (Wildman–Crippen LogP) is 3.19. The Kier molecular flexibility index (Phi) is 5.28. The van der Waals surface area contributed by atoms with Crippen molar-refractivity contribution in [3.8, 4) is 11.5 Å². The first-order valence-electron chi connectivity index (χ1n) is 11.0. The molecule has 1 aromatic carbocycles. The van der Waals surface area contributed by atoms with Crippen molar-refractivity contribution in [2.45, 2.75) is 40.3 Å². The first-order chi connectivity index (χ1) is 15.9. The van der Waals surface area contributed by atoms with Gasteiger partial charge in [-0.25, -0.2) is 0 Å². The molecule has 3 aromatic rings. The van der Waals surface area contributed by atoms with Crippen LogP contribution in [0.25, 0.3) is 0 Å². The third kappa shape index (κ3) is 3.92. The van der Waals surface area contributed by atoms with Gasteiger partial charge in [-0.3, -0.25) is 14.6 Å². The number of rotatable bonds is 4. The van der Waals surface area contributed by atoms with Crippen LogP contribution in [-0.4, -0.2) is 40.0 Å². The highest BCUT2D eigenvalue weighted by Crippen LogP contribution is 2.32. The maximum atomic E-state index is 13.0. The number of H-pyrrole nitrogens is 1. The Morgan fingerprint density at radius 1 is 1.15 bits per heavy atom. The number of hydrogen-bond donors (Lipinski definition) is 2. The van der Waals surface area contributed by atoms with Crippen LogP contribution in [0.15, 0.2) is 30.5 Å². The minimum atomic E-state index is -0.185. The summed E-state index contributed by atoms with van der Waals surface area (Å²) in [7, 11) is 0. The lowest BCUT2D eigenvalue weighted by Crippen LogP contribution is -2.37. The van der Waals surface area contributed by atoms with Crippen LogP contribution in [0, 0.1) is 20.8 Å². The molecule has 0 atom stereocenters. The van der Waals surface area contributed by atoms with Gasteiger partial charge < -0.3 is 24.7 Å². The van der Waals surface area contributed by atoms with Crippen molar-refractivity contribution in [1.29, 1.82) is 0 Å². The molecule has 0 radical (unpaired) electrons. The third-order valence-electron chi connectivity index (χ3n) is 6.31. The standard InChI is InChI=1S/C25H26N4O4/c1-14-8-15(2)28-23(14)25(31)29-7-6-19-18(12-29)10-26-16(3)20(19)11-27-24(30)17-4-5-21-22(9-17)33-13-32-21/h4-5,8-10,28H,6-7,11-13H2,1-3H3,(H,27,30). The number of aromatic nitrogens is 2. The van der Waals surface area contributed by atoms with Crippen LogP contribution in [0.3, 0.4) is 0 Å².